The maximum absolute atomic E-state index is 12.3. The summed E-state index contributed by atoms with van der Waals surface area (Å²) in [5.41, 5.74) is 1.31. The summed E-state index contributed by atoms with van der Waals surface area (Å²) in [7, 11) is 3.14. The molecule has 1 aliphatic rings. The van der Waals surface area contributed by atoms with Crippen LogP contribution in [-0.2, 0) is 6.54 Å². The first kappa shape index (κ1) is 21.5. The summed E-state index contributed by atoms with van der Waals surface area (Å²) >= 11 is 0. The largest absolute Gasteiger partial charge is 0.401 e. The highest BCUT2D eigenvalue weighted by molar-refractivity contribution is 5.79. The van der Waals surface area contributed by atoms with Gasteiger partial charge in [0.2, 0.25) is 0 Å². The minimum absolute atomic E-state index is 0.295. The Bertz CT molecular complexity index is 576. The van der Waals surface area contributed by atoms with E-state index in [1.165, 1.54) is 23.9 Å². The Hall–Kier alpha value is -1.80. The highest BCUT2D eigenvalue weighted by Gasteiger charge is 2.29. The molecule has 1 aromatic carbocycles. The lowest BCUT2D eigenvalue weighted by Crippen LogP contribution is -2.46. The van der Waals surface area contributed by atoms with Crippen LogP contribution in [0.25, 0.3) is 0 Å². The highest BCUT2D eigenvalue weighted by atomic mass is 19.4. The van der Waals surface area contributed by atoms with Crippen LogP contribution in [0, 0.1) is 0 Å². The fourth-order valence-corrected chi connectivity index (χ4v) is 3.34. The Labute approximate surface area is 159 Å². The monoisotopic (exact) mass is 385 g/mol. The number of alkyl halides is 3. The maximum Gasteiger partial charge on any atom is 0.401 e. The third-order valence-electron chi connectivity index (χ3n) is 4.69. The molecule has 2 rings (SSSR count). The van der Waals surface area contributed by atoms with Crippen LogP contribution in [0.1, 0.15) is 18.4 Å². The van der Waals surface area contributed by atoms with Crippen LogP contribution in [0.5, 0.6) is 0 Å². The average Bonchev–Trinajstić information content (AvgIpc) is 3.04. The summed E-state index contributed by atoms with van der Waals surface area (Å²) in [5.74, 6) is 0.627. The fraction of sp³-hybridized carbons (Fsp3) is 0.632. The SMILES string of the molecule is CN=C(NCCN(C)CC(F)(F)F)NCC1CCCN1Cc1ccccc1. The van der Waals surface area contributed by atoms with E-state index in [-0.39, 0.29) is 0 Å². The zero-order valence-corrected chi connectivity index (χ0v) is 16.1. The van der Waals surface area contributed by atoms with Crippen LogP contribution in [0.2, 0.25) is 0 Å². The van der Waals surface area contributed by atoms with Gasteiger partial charge in [0.15, 0.2) is 5.96 Å². The van der Waals surface area contributed by atoms with Gasteiger partial charge in [-0.15, -0.1) is 0 Å². The number of benzene rings is 1. The number of likely N-dealkylation sites (tertiary alicyclic amines) is 1. The summed E-state index contributed by atoms with van der Waals surface area (Å²) in [6, 6.07) is 10.8. The van der Waals surface area contributed by atoms with E-state index in [1.807, 2.05) is 6.07 Å². The molecule has 5 nitrogen and oxygen atoms in total. The van der Waals surface area contributed by atoms with Gasteiger partial charge in [0.1, 0.15) is 0 Å². The molecule has 1 aromatic rings. The first-order chi connectivity index (χ1) is 12.9. The Kier molecular flexibility index (Phi) is 8.37. The quantitative estimate of drug-likeness (QED) is 0.532. The molecule has 0 radical (unpaired) electrons. The summed E-state index contributed by atoms with van der Waals surface area (Å²) in [6.07, 6.45) is -1.86. The maximum atomic E-state index is 12.3. The number of nitrogens with one attached hydrogen (secondary N) is 2. The van der Waals surface area contributed by atoms with Gasteiger partial charge < -0.3 is 10.6 Å². The van der Waals surface area contributed by atoms with Gasteiger partial charge in [0.05, 0.1) is 6.54 Å². The van der Waals surface area contributed by atoms with Crippen LogP contribution in [0.15, 0.2) is 35.3 Å². The van der Waals surface area contributed by atoms with Crippen molar-refractivity contribution in [3.05, 3.63) is 35.9 Å². The molecule has 1 aliphatic heterocycles. The molecule has 0 aliphatic carbocycles. The van der Waals surface area contributed by atoms with Gasteiger partial charge in [-0.1, -0.05) is 30.3 Å². The van der Waals surface area contributed by atoms with Crippen LogP contribution in [0.3, 0.4) is 0 Å². The van der Waals surface area contributed by atoms with Crippen LogP contribution in [0.4, 0.5) is 13.2 Å². The standard InChI is InChI=1S/C19H30F3N5/c1-23-18(24-10-12-26(2)15-19(20,21)22)25-13-17-9-6-11-27(17)14-16-7-4-3-5-8-16/h3-5,7-8,17H,6,9-15H2,1-2H3,(H2,23,24,25). The summed E-state index contributed by atoms with van der Waals surface area (Å²) in [4.78, 5) is 7.88. The first-order valence-electron chi connectivity index (χ1n) is 9.35. The van der Waals surface area contributed by atoms with Gasteiger partial charge in [-0.3, -0.25) is 14.8 Å². The first-order valence-corrected chi connectivity index (χ1v) is 9.35. The molecule has 1 atom stereocenters. The van der Waals surface area contributed by atoms with E-state index < -0.39 is 12.7 Å². The van der Waals surface area contributed by atoms with E-state index in [0.717, 1.165) is 26.1 Å². The Morgan fingerprint density at radius 2 is 2.00 bits per heavy atom. The molecule has 0 spiro atoms. The lowest BCUT2D eigenvalue weighted by Gasteiger charge is -2.26. The zero-order valence-electron chi connectivity index (χ0n) is 16.1. The molecular weight excluding hydrogens is 355 g/mol. The van der Waals surface area contributed by atoms with E-state index in [1.54, 1.807) is 7.05 Å². The zero-order chi connectivity index (χ0) is 19.7. The van der Waals surface area contributed by atoms with Crippen molar-refractivity contribution in [3.63, 3.8) is 0 Å². The summed E-state index contributed by atoms with van der Waals surface area (Å²) < 4.78 is 37.0. The van der Waals surface area contributed by atoms with E-state index >= 15 is 0 Å². The Morgan fingerprint density at radius 1 is 1.26 bits per heavy atom. The lowest BCUT2D eigenvalue weighted by molar-refractivity contribution is -0.142. The van der Waals surface area contributed by atoms with Crippen molar-refractivity contribution >= 4 is 5.96 Å². The van der Waals surface area contributed by atoms with Crippen molar-refractivity contribution < 1.29 is 13.2 Å². The third-order valence-corrected chi connectivity index (χ3v) is 4.69. The number of aliphatic imine (C=N–C) groups is 1. The third kappa shape index (κ3) is 8.17. The Balaban J connectivity index is 1.71. The smallest absolute Gasteiger partial charge is 0.355 e. The summed E-state index contributed by atoms with van der Waals surface area (Å²) in [5, 5.41) is 6.39. The number of rotatable bonds is 8. The summed E-state index contributed by atoms with van der Waals surface area (Å²) in [6.45, 7) is 2.58. The molecule has 1 saturated heterocycles. The Morgan fingerprint density at radius 3 is 2.67 bits per heavy atom. The molecule has 27 heavy (non-hydrogen) atoms. The van der Waals surface area contributed by atoms with E-state index in [9.17, 15) is 13.2 Å². The molecule has 0 saturated carbocycles. The minimum Gasteiger partial charge on any atom is -0.355 e. The average molecular weight is 385 g/mol. The van der Waals surface area contributed by atoms with E-state index in [4.69, 9.17) is 0 Å². The lowest BCUT2D eigenvalue weighted by atomic mass is 10.2. The minimum atomic E-state index is -4.17. The number of hydrogen-bond acceptors (Lipinski definition) is 3. The van der Waals surface area contributed by atoms with Gasteiger partial charge in [-0.2, -0.15) is 13.2 Å². The van der Waals surface area contributed by atoms with Crippen LogP contribution in [-0.4, -0.2) is 74.8 Å². The molecule has 1 fully saturated rings. The highest BCUT2D eigenvalue weighted by Crippen LogP contribution is 2.19. The topological polar surface area (TPSA) is 42.9 Å². The number of nitrogens with zero attached hydrogens (tertiary/aromatic N) is 3. The van der Waals surface area contributed by atoms with Crippen molar-refractivity contribution in [2.75, 3.05) is 46.8 Å². The number of guanidine groups is 1. The second kappa shape index (κ2) is 10.5. The van der Waals surface area contributed by atoms with Gasteiger partial charge in [-0.05, 0) is 32.0 Å². The van der Waals surface area contributed by atoms with E-state index in [0.29, 0.717) is 25.1 Å². The van der Waals surface area contributed by atoms with Crippen LogP contribution < -0.4 is 10.6 Å². The van der Waals surface area contributed by atoms with Crippen molar-refractivity contribution in [1.29, 1.82) is 0 Å². The molecule has 0 amide bonds. The van der Waals surface area contributed by atoms with Crippen molar-refractivity contribution in [1.82, 2.24) is 20.4 Å². The fourth-order valence-electron chi connectivity index (χ4n) is 3.34. The van der Waals surface area contributed by atoms with Crippen LogP contribution >= 0.6 is 0 Å². The second-order valence-electron chi connectivity index (χ2n) is 6.98. The normalized spacial score (nSPS) is 18.9. The molecule has 0 bridgehead atoms. The van der Waals surface area contributed by atoms with Gasteiger partial charge in [0.25, 0.3) is 0 Å². The van der Waals surface area contributed by atoms with Crippen molar-refractivity contribution in [3.8, 4) is 0 Å². The number of likely N-dealkylation sites (N-methyl/N-ethyl adjacent to an activating group) is 1. The van der Waals surface area contributed by atoms with E-state index in [2.05, 4.69) is 44.8 Å². The molecule has 1 unspecified atom stereocenters. The predicted molar refractivity (Wildman–Crippen MR) is 103 cm³/mol. The molecule has 1 heterocycles. The molecule has 152 valence electrons. The number of halogens is 3. The molecule has 0 aromatic heterocycles. The molecule has 2 N–H and O–H groups in total. The van der Waals surface area contributed by atoms with Gasteiger partial charge in [-0.25, -0.2) is 0 Å². The van der Waals surface area contributed by atoms with Gasteiger partial charge in [0, 0.05) is 39.3 Å². The van der Waals surface area contributed by atoms with Gasteiger partial charge >= 0.3 is 6.18 Å². The molecule has 8 heteroatoms. The molecular formula is C19H30F3N5. The predicted octanol–water partition coefficient (Wildman–Crippen LogP) is 2.31. The second-order valence-corrected chi connectivity index (χ2v) is 6.98. The van der Waals surface area contributed by atoms with Crippen molar-refractivity contribution in [2.45, 2.75) is 31.6 Å². The van der Waals surface area contributed by atoms with Crippen molar-refractivity contribution in [2.24, 2.45) is 4.99 Å². The number of hydrogen-bond donors (Lipinski definition) is 2.